The van der Waals surface area contributed by atoms with Crippen LogP contribution in [0.2, 0.25) is 0 Å². The average Bonchev–Trinajstić information content (AvgIpc) is 2.66. The monoisotopic (exact) mass is 344 g/mol. The second kappa shape index (κ2) is 7.90. The number of hydrogen-bond donors (Lipinski definition) is 2. The number of nitrogens with zero attached hydrogens (tertiary/aromatic N) is 3. The predicted molar refractivity (Wildman–Crippen MR) is 100.0 cm³/mol. The van der Waals surface area contributed by atoms with Gasteiger partial charge in [0.1, 0.15) is 12.0 Å². The van der Waals surface area contributed by atoms with Gasteiger partial charge in [0.15, 0.2) is 5.84 Å². The van der Waals surface area contributed by atoms with Crippen molar-refractivity contribution in [2.45, 2.75) is 6.42 Å². The van der Waals surface area contributed by atoms with E-state index >= 15 is 0 Å². The molecule has 0 spiro atoms. The first-order valence-corrected chi connectivity index (χ1v) is 7.95. The lowest BCUT2D eigenvalue weighted by Gasteiger charge is -2.13. The Kier molecular flexibility index (Phi) is 5.20. The van der Waals surface area contributed by atoms with Gasteiger partial charge in [-0.3, -0.25) is 4.99 Å². The molecule has 0 aliphatic carbocycles. The number of carbonyl (C=O) groups is 1. The van der Waals surface area contributed by atoms with Gasteiger partial charge in [0, 0.05) is 23.0 Å². The minimum Gasteiger partial charge on any atom is -0.478 e. The summed E-state index contributed by atoms with van der Waals surface area (Å²) in [7, 11) is 0. The number of aliphatic imine (C=N–C) groups is 1. The topological polar surface area (TPSA) is 87.5 Å². The normalized spacial score (nSPS) is 13.7. The molecule has 0 saturated carbocycles. The van der Waals surface area contributed by atoms with Gasteiger partial charge < -0.3 is 10.4 Å². The lowest BCUT2D eigenvalue weighted by molar-refractivity contribution is -0.132. The largest absolute Gasteiger partial charge is 0.478 e. The van der Waals surface area contributed by atoms with Crippen molar-refractivity contribution in [3.05, 3.63) is 77.4 Å². The van der Waals surface area contributed by atoms with Crippen LogP contribution < -0.4 is 5.32 Å². The number of aromatic nitrogens is 2. The van der Waals surface area contributed by atoms with Crippen LogP contribution in [0.1, 0.15) is 16.8 Å². The molecule has 0 radical (unpaired) electrons. The van der Waals surface area contributed by atoms with E-state index in [4.69, 9.17) is 6.42 Å². The molecule has 1 aromatic carbocycles. The van der Waals surface area contributed by atoms with E-state index in [-0.39, 0.29) is 12.1 Å². The van der Waals surface area contributed by atoms with Crippen molar-refractivity contribution < 1.29 is 9.90 Å². The molecule has 0 unspecified atom stereocenters. The second-order valence-electron chi connectivity index (χ2n) is 5.51. The number of aliphatic carboxylic acids is 1. The summed E-state index contributed by atoms with van der Waals surface area (Å²) in [5, 5.41) is 12.5. The maximum atomic E-state index is 11.3. The van der Waals surface area contributed by atoms with Crippen LogP contribution in [0.25, 0.3) is 0 Å². The number of terminal acetylenes is 1. The molecule has 3 rings (SSSR count). The average molecular weight is 344 g/mol. The van der Waals surface area contributed by atoms with Crippen LogP contribution in [0, 0.1) is 12.3 Å². The van der Waals surface area contributed by atoms with Crippen LogP contribution in [0.4, 0.5) is 5.69 Å². The Morgan fingerprint density at radius 1 is 1.35 bits per heavy atom. The molecule has 2 aromatic rings. The zero-order chi connectivity index (χ0) is 18.4. The van der Waals surface area contributed by atoms with E-state index in [1.807, 2.05) is 24.3 Å². The number of allylic oxidation sites excluding steroid dienone is 1. The summed E-state index contributed by atoms with van der Waals surface area (Å²) in [5.41, 5.74) is 3.23. The summed E-state index contributed by atoms with van der Waals surface area (Å²) in [6.45, 7) is 0.201. The molecule has 1 aromatic heterocycles. The van der Waals surface area contributed by atoms with Crippen LogP contribution in [0.15, 0.2) is 65.6 Å². The molecule has 0 fully saturated rings. The van der Waals surface area contributed by atoms with E-state index in [1.165, 1.54) is 6.33 Å². The van der Waals surface area contributed by atoms with E-state index in [1.54, 1.807) is 24.4 Å². The van der Waals surface area contributed by atoms with Gasteiger partial charge in [-0.1, -0.05) is 24.1 Å². The van der Waals surface area contributed by atoms with Gasteiger partial charge in [0.2, 0.25) is 0 Å². The van der Waals surface area contributed by atoms with Gasteiger partial charge in [-0.2, -0.15) is 0 Å². The van der Waals surface area contributed by atoms with Gasteiger partial charge in [-0.25, -0.2) is 14.8 Å². The summed E-state index contributed by atoms with van der Waals surface area (Å²) >= 11 is 0. The first-order valence-electron chi connectivity index (χ1n) is 7.95. The summed E-state index contributed by atoms with van der Waals surface area (Å²) in [5.74, 6) is 2.14. The van der Waals surface area contributed by atoms with Crippen molar-refractivity contribution in [1.29, 1.82) is 0 Å². The van der Waals surface area contributed by atoms with Crippen molar-refractivity contribution in [2.24, 2.45) is 4.99 Å². The van der Waals surface area contributed by atoms with Crippen molar-refractivity contribution >= 4 is 17.5 Å². The summed E-state index contributed by atoms with van der Waals surface area (Å²) in [6.07, 6.45) is 14.0. The molecule has 128 valence electrons. The lowest BCUT2D eigenvalue weighted by Crippen LogP contribution is -2.19. The van der Waals surface area contributed by atoms with Crippen molar-refractivity contribution in [3.63, 3.8) is 0 Å². The van der Waals surface area contributed by atoms with Crippen LogP contribution >= 0.6 is 0 Å². The van der Waals surface area contributed by atoms with Crippen LogP contribution in [-0.2, 0) is 11.2 Å². The van der Waals surface area contributed by atoms with Gasteiger partial charge in [0.25, 0.3) is 0 Å². The Morgan fingerprint density at radius 3 is 3.04 bits per heavy atom. The van der Waals surface area contributed by atoms with Crippen molar-refractivity contribution in [1.82, 2.24) is 9.97 Å². The maximum Gasteiger partial charge on any atom is 0.335 e. The standard InChI is InChI=1S/C20H16N4O2/c1-2-14-5-3-8-17(11-14)24-19-18-16(12-21-13-23-18)7-4-6-15(20(25)26)9-10-22-19/h1,3-6,8-9,11-13H,7,10H2,(H,22,24)(H,25,26). The van der Waals surface area contributed by atoms with E-state index in [2.05, 4.69) is 26.2 Å². The minimum absolute atomic E-state index is 0.197. The number of benzene rings is 1. The summed E-state index contributed by atoms with van der Waals surface area (Å²) in [6, 6.07) is 7.40. The van der Waals surface area contributed by atoms with Gasteiger partial charge in [-0.15, -0.1) is 6.42 Å². The molecule has 0 amide bonds. The molecule has 6 heteroatoms. The van der Waals surface area contributed by atoms with Crippen molar-refractivity contribution in [2.75, 3.05) is 11.9 Å². The number of hydrogen-bond acceptors (Lipinski definition) is 5. The third-order valence-corrected chi connectivity index (χ3v) is 3.75. The molecule has 26 heavy (non-hydrogen) atoms. The van der Waals surface area contributed by atoms with Crippen LogP contribution in [-0.4, -0.2) is 33.4 Å². The Labute approximate surface area is 151 Å². The summed E-state index contributed by atoms with van der Waals surface area (Å²) < 4.78 is 0. The predicted octanol–water partition coefficient (Wildman–Crippen LogP) is 2.44. The number of carboxylic acid groups (broad SMARTS) is 1. The Hall–Kier alpha value is -3.72. The molecule has 1 aliphatic rings. The highest BCUT2D eigenvalue weighted by molar-refractivity contribution is 6.08. The zero-order valence-corrected chi connectivity index (χ0v) is 13.9. The molecule has 2 heterocycles. The quantitative estimate of drug-likeness (QED) is 0.817. The lowest BCUT2D eigenvalue weighted by atomic mass is 10.1. The Bertz CT molecular complexity index is 968. The number of nitrogens with one attached hydrogen (secondary N) is 1. The first kappa shape index (κ1) is 17.1. The van der Waals surface area contributed by atoms with E-state index in [9.17, 15) is 9.90 Å². The smallest absolute Gasteiger partial charge is 0.335 e. The molecule has 0 saturated heterocycles. The van der Waals surface area contributed by atoms with Gasteiger partial charge in [0.05, 0.1) is 12.1 Å². The number of fused-ring (bicyclic) bond motifs is 1. The van der Waals surface area contributed by atoms with Gasteiger partial charge in [-0.05, 0) is 30.7 Å². The van der Waals surface area contributed by atoms with E-state index < -0.39 is 5.97 Å². The third-order valence-electron chi connectivity index (χ3n) is 3.75. The molecule has 0 bridgehead atoms. The number of amidine groups is 1. The fraction of sp³-hybridized carbons (Fsp3) is 0.100. The highest BCUT2D eigenvalue weighted by atomic mass is 16.4. The molecule has 2 N–H and O–H groups in total. The Balaban J connectivity index is 2.01. The summed E-state index contributed by atoms with van der Waals surface area (Å²) in [4.78, 5) is 24.2. The number of anilines is 1. The fourth-order valence-electron chi connectivity index (χ4n) is 2.49. The zero-order valence-electron chi connectivity index (χ0n) is 13.9. The Morgan fingerprint density at radius 2 is 2.23 bits per heavy atom. The maximum absolute atomic E-state index is 11.3. The molecule has 6 nitrogen and oxygen atoms in total. The highest BCUT2D eigenvalue weighted by Crippen LogP contribution is 2.15. The van der Waals surface area contributed by atoms with Crippen LogP contribution in [0.5, 0.6) is 0 Å². The molecular weight excluding hydrogens is 328 g/mol. The van der Waals surface area contributed by atoms with Crippen molar-refractivity contribution in [3.8, 4) is 12.3 Å². The second-order valence-corrected chi connectivity index (χ2v) is 5.51. The molecular formula is C20H16N4O2. The van der Waals surface area contributed by atoms with Gasteiger partial charge >= 0.3 is 5.97 Å². The first-order chi connectivity index (χ1) is 12.7. The number of carboxylic acids is 1. The molecule has 0 atom stereocenters. The fourth-order valence-corrected chi connectivity index (χ4v) is 2.49. The number of rotatable bonds is 2. The SMILES string of the molecule is C#Cc1cccc(NC2=NCC=C(C(=O)O)C=CCc3cncnc32)c1. The van der Waals surface area contributed by atoms with E-state index in [0.29, 0.717) is 18.0 Å². The van der Waals surface area contributed by atoms with Crippen LogP contribution in [0.3, 0.4) is 0 Å². The minimum atomic E-state index is -0.988. The highest BCUT2D eigenvalue weighted by Gasteiger charge is 2.13. The van der Waals surface area contributed by atoms with E-state index in [0.717, 1.165) is 16.8 Å². The third kappa shape index (κ3) is 4.02. The molecule has 1 aliphatic heterocycles.